The first kappa shape index (κ1) is 13.5. The van der Waals surface area contributed by atoms with Crippen molar-refractivity contribution in [1.29, 1.82) is 0 Å². The van der Waals surface area contributed by atoms with Crippen molar-refractivity contribution in [1.82, 2.24) is 9.55 Å². The zero-order valence-electron chi connectivity index (χ0n) is 11.8. The smallest absolute Gasteiger partial charge is 0.144 e. The fraction of sp³-hybridized carbons (Fsp3) is 0.400. The minimum atomic E-state index is 0.107. The molecule has 4 nitrogen and oxygen atoms in total. The number of rotatable bonds is 5. The highest BCUT2D eigenvalue weighted by Crippen LogP contribution is 2.26. The molecule has 4 heteroatoms. The van der Waals surface area contributed by atoms with E-state index in [1.165, 1.54) is 0 Å². The third-order valence-corrected chi connectivity index (χ3v) is 2.83. The number of hydrogen-bond donors (Lipinski definition) is 1. The Morgan fingerprint density at radius 2 is 2.16 bits per heavy atom. The van der Waals surface area contributed by atoms with Gasteiger partial charge in [-0.15, -0.1) is 0 Å². The van der Waals surface area contributed by atoms with E-state index in [2.05, 4.69) is 16.5 Å². The molecule has 0 unspecified atom stereocenters. The second-order valence-corrected chi connectivity index (χ2v) is 4.85. The fourth-order valence-corrected chi connectivity index (χ4v) is 2.01. The van der Waals surface area contributed by atoms with E-state index in [-0.39, 0.29) is 6.10 Å². The largest absolute Gasteiger partial charge is 0.489 e. The standard InChI is InChI=1S/C15H21N3O/c1-4-5-15-17-8-9-18(15)12-6-7-13(16)14(10-12)19-11(2)3/h6-11H,4-5,16H2,1-3H3. The molecule has 0 saturated carbocycles. The van der Waals surface area contributed by atoms with Gasteiger partial charge in [0.1, 0.15) is 11.6 Å². The summed E-state index contributed by atoms with van der Waals surface area (Å²) in [5.41, 5.74) is 7.63. The van der Waals surface area contributed by atoms with Gasteiger partial charge in [0, 0.05) is 24.9 Å². The first-order valence-corrected chi connectivity index (χ1v) is 6.70. The van der Waals surface area contributed by atoms with Gasteiger partial charge in [-0.1, -0.05) is 6.92 Å². The summed E-state index contributed by atoms with van der Waals surface area (Å²) in [6.07, 6.45) is 5.93. The zero-order chi connectivity index (χ0) is 13.8. The van der Waals surface area contributed by atoms with Gasteiger partial charge in [-0.3, -0.25) is 0 Å². The molecule has 0 bridgehead atoms. The van der Waals surface area contributed by atoms with Crippen molar-refractivity contribution in [3.63, 3.8) is 0 Å². The minimum absolute atomic E-state index is 0.107. The minimum Gasteiger partial charge on any atom is -0.489 e. The van der Waals surface area contributed by atoms with E-state index in [1.54, 1.807) is 0 Å². The van der Waals surface area contributed by atoms with Crippen molar-refractivity contribution >= 4 is 5.69 Å². The van der Waals surface area contributed by atoms with Crippen LogP contribution in [0.1, 0.15) is 33.0 Å². The molecular weight excluding hydrogens is 238 g/mol. The summed E-state index contributed by atoms with van der Waals surface area (Å²) in [5.74, 6) is 1.78. The highest BCUT2D eigenvalue weighted by Gasteiger charge is 2.08. The number of anilines is 1. The highest BCUT2D eigenvalue weighted by molar-refractivity contribution is 5.57. The van der Waals surface area contributed by atoms with Crippen LogP contribution in [0, 0.1) is 0 Å². The average Bonchev–Trinajstić information content (AvgIpc) is 2.80. The van der Waals surface area contributed by atoms with Gasteiger partial charge < -0.3 is 15.0 Å². The quantitative estimate of drug-likeness (QED) is 0.839. The summed E-state index contributed by atoms with van der Waals surface area (Å²) >= 11 is 0. The third-order valence-electron chi connectivity index (χ3n) is 2.83. The Morgan fingerprint density at radius 3 is 2.84 bits per heavy atom. The normalized spacial score (nSPS) is 10.9. The Hall–Kier alpha value is -1.97. The van der Waals surface area contributed by atoms with E-state index >= 15 is 0 Å². The molecule has 19 heavy (non-hydrogen) atoms. The van der Waals surface area contributed by atoms with Crippen LogP contribution in [0.2, 0.25) is 0 Å². The SMILES string of the molecule is CCCc1nccn1-c1ccc(N)c(OC(C)C)c1. The van der Waals surface area contributed by atoms with Crippen molar-refractivity contribution in [2.75, 3.05) is 5.73 Å². The van der Waals surface area contributed by atoms with Gasteiger partial charge in [0.15, 0.2) is 0 Å². The van der Waals surface area contributed by atoms with Gasteiger partial charge >= 0.3 is 0 Å². The maximum absolute atomic E-state index is 5.94. The van der Waals surface area contributed by atoms with Crippen LogP contribution in [0.15, 0.2) is 30.6 Å². The molecule has 2 rings (SSSR count). The van der Waals surface area contributed by atoms with Crippen LogP contribution in [0.4, 0.5) is 5.69 Å². The summed E-state index contributed by atoms with van der Waals surface area (Å²) in [6.45, 7) is 6.13. The van der Waals surface area contributed by atoms with E-state index in [1.807, 2.05) is 44.4 Å². The van der Waals surface area contributed by atoms with Crippen LogP contribution in [-0.2, 0) is 6.42 Å². The number of ether oxygens (including phenoxy) is 1. The van der Waals surface area contributed by atoms with E-state index in [9.17, 15) is 0 Å². The molecule has 0 saturated heterocycles. The molecule has 0 spiro atoms. The van der Waals surface area contributed by atoms with Gasteiger partial charge in [-0.05, 0) is 32.4 Å². The maximum atomic E-state index is 5.94. The van der Waals surface area contributed by atoms with Crippen molar-refractivity contribution in [3.8, 4) is 11.4 Å². The van der Waals surface area contributed by atoms with Crippen LogP contribution in [0.5, 0.6) is 5.75 Å². The van der Waals surface area contributed by atoms with Crippen LogP contribution >= 0.6 is 0 Å². The van der Waals surface area contributed by atoms with Gasteiger partial charge in [0.25, 0.3) is 0 Å². The van der Waals surface area contributed by atoms with E-state index in [0.717, 1.165) is 30.1 Å². The van der Waals surface area contributed by atoms with E-state index < -0.39 is 0 Å². The second kappa shape index (κ2) is 5.78. The zero-order valence-corrected chi connectivity index (χ0v) is 11.8. The Labute approximate surface area is 114 Å². The molecule has 2 aromatic rings. The Kier molecular flexibility index (Phi) is 4.10. The Bertz CT molecular complexity index is 546. The van der Waals surface area contributed by atoms with Crippen molar-refractivity contribution in [2.24, 2.45) is 0 Å². The van der Waals surface area contributed by atoms with Gasteiger partial charge in [-0.25, -0.2) is 4.98 Å². The first-order chi connectivity index (χ1) is 9.11. The predicted octanol–water partition coefficient (Wildman–Crippen LogP) is 3.19. The second-order valence-electron chi connectivity index (χ2n) is 4.85. The molecule has 0 aliphatic heterocycles. The molecule has 0 amide bonds. The molecular formula is C15H21N3O. The number of nitrogens with two attached hydrogens (primary N) is 1. The van der Waals surface area contributed by atoms with Crippen molar-refractivity contribution in [2.45, 2.75) is 39.7 Å². The first-order valence-electron chi connectivity index (χ1n) is 6.70. The van der Waals surface area contributed by atoms with Gasteiger partial charge in [0.2, 0.25) is 0 Å². The molecule has 1 aromatic heterocycles. The number of benzene rings is 1. The Balaban J connectivity index is 2.37. The topological polar surface area (TPSA) is 53.1 Å². The number of aromatic nitrogens is 2. The molecule has 0 radical (unpaired) electrons. The number of nitrogen functional groups attached to an aromatic ring is 1. The molecule has 0 aliphatic rings. The molecule has 0 fully saturated rings. The van der Waals surface area contributed by atoms with Crippen molar-refractivity contribution in [3.05, 3.63) is 36.4 Å². The summed E-state index contributed by atoms with van der Waals surface area (Å²) in [6, 6.07) is 5.84. The monoisotopic (exact) mass is 259 g/mol. The maximum Gasteiger partial charge on any atom is 0.144 e. The average molecular weight is 259 g/mol. The number of aryl methyl sites for hydroxylation is 1. The molecule has 102 valence electrons. The summed E-state index contributed by atoms with van der Waals surface area (Å²) in [5, 5.41) is 0. The molecule has 2 N–H and O–H groups in total. The van der Waals surface area contributed by atoms with Crippen LogP contribution in [0.25, 0.3) is 5.69 Å². The molecule has 1 aromatic carbocycles. The van der Waals surface area contributed by atoms with Gasteiger partial charge in [0.05, 0.1) is 17.5 Å². The number of nitrogens with zero attached hydrogens (tertiary/aromatic N) is 2. The van der Waals surface area contributed by atoms with Gasteiger partial charge in [-0.2, -0.15) is 0 Å². The highest BCUT2D eigenvalue weighted by atomic mass is 16.5. The Morgan fingerprint density at radius 1 is 1.37 bits per heavy atom. The fourth-order valence-electron chi connectivity index (χ4n) is 2.01. The van der Waals surface area contributed by atoms with Crippen LogP contribution < -0.4 is 10.5 Å². The summed E-state index contributed by atoms with van der Waals surface area (Å²) in [7, 11) is 0. The number of imidazole rings is 1. The van der Waals surface area contributed by atoms with E-state index in [0.29, 0.717) is 5.69 Å². The summed E-state index contributed by atoms with van der Waals surface area (Å²) < 4.78 is 7.80. The lowest BCUT2D eigenvalue weighted by molar-refractivity contribution is 0.244. The summed E-state index contributed by atoms with van der Waals surface area (Å²) in [4.78, 5) is 4.39. The number of hydrogen-bond acceptors (Lipinski definition) is 3. The third kappa shape index (κ3) is 3.08. The lowest BCUT2D eigenvalue weighted by Crippen LogP contribution is -2.08. The van der Waals surface area contributed by atoms with Crippen LogP contribution in [0.3, 0.4) is 0 Å². The van der Waals surface area contributed by atoms with Crippen LogP contribution in [-0.4, -0.2) is 15.7 Å². The predicted molar refractivity (Wildman–Crippen MR) is 77.7 cm³/mol. The molecule has 0 atom stereocenters. The lowest BCUT2D eigenvalue weighted by Gasteiger charge is -2.14. The lowest BCUT2D eigenvalue weighted by atomic mass is 10.2. The molecule has 1 heterocycles. The van der Waals surface area contributed by atoms with E-state index in [4.69, 9.17) is 10.5 Å². The molecule has 0 aliphatic carbocycles. The van der Waals surface area contributed by atoms with Crippen molar-refractivity contribution < 1.29 is 4.74 Å².